The minimum absolute atomic E-state index is 0.379. The molecule has 0 unspecified atom stereocenters. The van der Waals surface area contributed by atoms with Crippen LogP contribution in [0, 0.1) is 0 Å². The molecule has 0 saturated heterocycles. The van der Waals surface area contributed by atoms with E-state index in [2.05, 4.69) is 4.98 Å². The van der Waals surface area contributed by atoms with E-state index in [1.807, 2.05) is 36.5 Å². The van der Waals surface area contributed by atoms with Gasteiger partial charge in [-0.25, -0.2) is 9.78 Å². The zero-order chi connectivity index (χ0) is 15.5. The standard InChI is InChI=1S/C17H16N2O3/c1-21-14-6-3-5-12(10-14)9-13-11-19-15(17(20)22-2)7-4-8-16(19)18-13/h3-8,10-11H,9H2,1-2H3. The van der Waals surface area contributed by atoms with Crippen LogP contribution >= 0.6 is 0 Å². The molecular weight excluding hydrogens is 280 g/mol. The van der Waals surface area contributed by atoms with Gasteiger partial charge in [-0.15, -0.1) is 0 Å². The molecule has 5 nitrogen and oxygen atoms in total. The number of benzene rings is 1. The quantitative estimate of drug-likeness (QED) is 0.695. The summed E-state index contributed by atoms with van der Waals surface area (Å²) in [5.74, 6) is 0.437. The topological polar surface area (TPSA) is 52.8 Å². The number of nitrogens with zero attached hydrogens (tertiary/aromatic N) is 2. The molecule has 112 valence electrons. The minimum Gasteiger partial charge on any atom is -0.497 e. The first kappa shape index (κ1) is 14.1. The molecule has 0 spiro atoms. The molecule has 2 aromatic heterocycles. The summed E-state index contributed by atoms with van der Waals surface area (Å²) >= 11 is 0. The summed E-state index contributed by atoms with van der Waals surface area (Å²) < 4.78 is 11.8. The van der Waals surface area contributed by atoms with Crippen molar-refractivity contribution in [2.24, 2.45) is 0 Å². The molecule has 0 saturated carbocycles. The molecule has 5 heteroatoms. The SMILES string of the molecule is COC(=O)c1cccc2nc(Cc3cccc(OC)c3)cn12. The van der Waals surface area contributed by atoms with Gasteiger partial charge in [0.25, 0.3) is 0 Å². The lowest BCUT2D eigenvalue weighted by Crippen LogP contribution is -2.06. The van der Waals surface area contributed by atoms with Gasteiger partial charge in [0.1, 0.15) is 17.1 Å². The molecule has 0 bridgehead atoms. The van der Waals surface area contributed by atoms with Gasteiger partial charge >= 0.3 is 5.97 Å². The number of imidazole rings is 1. The highest BCUT2D eigenvalue weighted by Gasteiger charge is 2.12. The number of hydrogen-bond acceptors (Lipinski definition) is 4. The van der Waals surface area contributed by atoms with Crippen molar-refractivity contribution in [2.45, 2.75) is 6.42 Å². The van der Waals surface area contributed by atoms with Gasteiger partial charge in [-0.05, 0) is 29.8 Å². The third kappa shape index (κ3) is 2.65. The van der Waals surface area contributed by atoms with E-state index in [-0.39, 0.29) is 5.97 Å². The number of pyridine rings is 1. The summed E-state index contributed by atoms with van der Waals surface area (Å²) in [5.41, 5.74) is 3.16. The number of ether oxygens (including phenoxy) is 2. The number of hydrogen-bond donors (Lipinski definition) is 0. The summed E-state index contributed by atoms with van der Waals surface area (Å²) in [6.07, 6.45) is 2.53. The monoisotopic (exact) mass is 296 g/mol. The lowest BCUT2D eigenvalue weighted by atomic mass is 10.1. The Bertz CT molecular complexity index is 824. The molecule has 0 aliphatic rings. The molecule has 0 aliphatic carbocycles. The normalized spacial score (nSPS) is 10.6. The van der Waals surface area contributed by atoms with Crippen LogP contribution in [-0.4, -0.2) is 29.6 Å². The number of rotatable bonds is 4. The zero-order valence-corrected chi connectivity index (χ0v) is 12.4. The highest BCUT2D eigenvalue weighted by atomic mass is 16.5. The maximum atomic E-state index is 11.8. The van der Waals surface area contributed by atoms with E-state index in [9.17, 15) is 4.79 Å². The Morgan fingerprint density at radius 1 is 1.18 bits per heavy atom. The maximum absolute atomic E-state index is 11.8. The fourth-order valence-corrected chi connectivity index (χ4v) is 2.41. The number of esters is 1. The average Bonchev–Trinajstić information content (AvgIpc) is 2.96. The lowest BCUT2D eigenvalue weighted by Gasteiger charge is -2.02. The second kappa shape index (κ2) is 5.89. The van der Waals surface area contributed by atoms with Gasteiger partial charge in [0.05, 0.1) is 19.9 Å². The van der Waals surface area contributed by atoms with Crippen LogP contribution < -0.4 is 4.74 Å². The number of carbonyl (C=O) groups excluding carboxylic acids is 1. The van der Waals surface area contributed by atoms with Crippen LogP contribution in [0.4, 0.5) is 0 Å². The van der Waals surface area contributed by atoms with Gasteiger partial charge < -0.3 is 9.47 Å². The van der Waals surface area contributed by atoms with Gasteiger partial charge in [0, 0.05) is 12.6 Å². The van der Waals surface area contributed by atoms with Gasteiger partial charge in [0.15, 0.2) is 0 Å². The molecule has 0 fully saturated rings. The Morgan fingerprint density at radius 3 is 2.77 bits per heavy atom. The summed E-state index contributed by atoms with van der Waals surface area (Å²) in [7, 11) is 3.02. The first-order chi connectivity index (χ1) is 10.7. The predicted molar refractivity (Wildman–Crippen MR) is 82.3 cm³/mol. The Balaban J connectivity index is 1.96. The van der Waals surface area contributed by atoms with Crippen molar-refractivity contribution >= 4 is 11.6 Å². The molecule has 0 amide bonds. The molecule has 2 heterocycles. The smallest absolute Gasteiger partial charge is 0.355 e. The highest BCUT2D eigenvalue weighted by molar-refractivity contribution is 5.88. The summed E-state index contributed by atoms with van der Waals surface area (Å²) in [6.45, 7) is 0. The van der Waals surface area contributed by atoms with E-state index in [0.29, 0.717) is 12.1 Å². The van der Waals surface area contributed by atoms with E-state index < -0.39 is 0 Å². The second-order valence-electron chi connectivity index (χ2n) is 4.89. The van der Waals surface area contributed by atoms with Crippen LogP contribution in [0.25, 0.3) is 5.65 Å². The highest BCUT2D eigenvalue weighted by Crippen LogP contribution is 2.17. The number of carbonyl (C=O) groups is 1. The van der Waals surface area contributed by atoms with Crippen LogP contribution in [0.15, 0.2) is 48.7 Å². The summed E-state index contributed by atoms with van der Waals surface area (Å²) in [6, 6.07) is 13.2. The first-order valence-electron chi connectivity index (χ1n) is 6.89. The van der Waals surface area contributed by atoms with Crippen LogP contribution in [-0.2, 0) is 11.2 Å². The van der Waals surface area contributed by atoms with Crippen LogP contribution in [0.3, 0.4) is 0 Å². The lowest BCUT2D eigenvalue weighted by molar-refractivity contribution is 0.0592. The van der Waals surface area contributed by atoms with Crippen molar-refractivity contribution in [2.75, 3.05) is 14.2 Å². The van der Waals surface area contributed by atoms with Gasteiger partial charge in [-0.2, -0.15) is 0 Å². The van der Waals surface area contributed by atoms with E-state index >= 15 is 0 Å². The van der Waals surface area contributed by atoms with Crippen LogP contribution in [0.5, 0.6) is 5.75 Å². The van der Waals surface area contributed by atoms with Crippen molar-refractivity contribution < 1.29 is 14.3 Å². The fourth-order valence-electron chi connectivity index (χ4n) is 2.41. The average molecular weight is 296 g/mol. The Kier molecular flexibility index (Phi) is 3.78. The fraction of sp³-hybridized carbons (Fsp3) is 0.176. The van der Waals surface area contributed by atoms with Crippen molar-refractivity contribution in [3.63, 3.8) is 0 Å². The molecule has 1 aromatic carbocycles. The molecule has 0 atom stereocenters. The minimum atomic E-state index is -0.379. The number of aromatic nitrogens is 2. The first-order valence-corrected chi connectivity index (χ1v) is 6.89. The third-order valence-corrected chi connectivity index (χ3v) is 3.46. The van der Waals surface area contributed by atoms with Gasteiger partial charge in [-0.3, -0.25) is 4.40 Å². The largest absolute Gasteiger partial charge is 0.497 e. The number of methoxy groups -OCH3 is 2. The Hall–Kier alpha value is -2.82. The molecule has 0 N–H and O–H groups in total. The molecular formula is C17H16N2O3. The van der Waals surface area contributed by atoms with E-state index in [4.69, 9.17) is 9.47 Å². The van der Waals surface area contributed by atoms with E-state index in [1.165, 1.54) is 7.11 Å². The second-order valence-corrected chi connectivity index (χ2v) is 4.89. The Morgan fingerprint density at radius 2 is 2.00 bits per heavy atom. The number of fused-ring (bicyclic) bond motifs is 1. The Labute approximate surface area is 128 Å². The van der Waals surface area contributed by atoms with Gasteiger partial charge in [0.2, 0.25) is 0 Å². The molecule has 0 aliphatic heterocycles. The van der Waals surface area contributed by atoms with Crippen molar-refractivity contribution in [3.8, 4) is 5.75 Å². The van der Waals surface area contributed by atoms with E-state index in [0.717, 1.165) is 22.7 Å². The van der Waals surface area contributed by atoms with Crippen molar-refractivity contribution in [3.05, 3.63) is 65.6 Å². The maximum Gasteiger partial charge on any atom is 0.355 e. The third-order valence-electron chi connectivity index (χ3n) is 3.46. The zero-order valence-electron chi connectivity index (χ0n) is 12.4. The summed E-state index contributed by atoms with van der Waals surface area (Å²) in [4.78, 5) is 16.3. The van der Waals surface area contributed by atoms with Crippen molar-refractivity contribution in [1.82, 2.24) is 9.38 Å². The molecule has 3 aromatic rings. The van der Waals surface area contributed by atoms with Gasteiger partial charge in [-0.1, -0.05) is 18.2 Å². The molecule has 0 radical (unpaired) electrons. The van der Waals surface area contributed by atoms with E-state index in [1.54, 1.807) is 23.6 Å². The van der Waals surface area contributed by atoms with Crippen molar-refractivity contribution in [1.29, 1.82) is 0 Å². The molecule has 3 rings (SSSR count). The molecule has 22 heavy (non-hydrogen) atoms. The predicted octanol–water partition coefficient (Wildman–Crippen LogP) is 2.72. The van der Waals surface area contributed by atoms with Crippen LogP contribution in [0.1, 0.15) is 21.7 Å². The summed E-state index contributed by atoms with van der Waals surface area (Å²) in [5, 5.41) is 0. The van der Waals surface area contributed by atoms with Crippen LogP contribution in [0.2, 0.25) is 0 Å².